The topological polar surface area (TPSA) is 49.6 Å². The van der Waals surface area contributed by atoms with Crippen LogP contribution >= 0.6 is 0 Å². The second kappa shape index (κ2) is 7.05. The Bertz CT molecular complexity index is 699. The summed E-state index contributed by atoms with van der Waals surface area (Å²) in [6, 6.07) is 18.2. The number of rotatable bonds is 4. The van der Waals surface area contributed by atoms with Gasteiger partial charge in [0.1, 0.15) is 0 Å². The summed E-state index contributed by atoms with van der Waals surface area (Å²) in [4.78, 5) is 17.0. The van der Waals surface area contributed by atoms with E-state index in [9.17, 15) is 4.79 Å². The van der Waals surface area contributed by atoms with Crippen LogP contribution in [-0.4, -0.2) is 31.1 Å². The molecule has 2 aromatic carbocycles. The van der Waals surface area contributed by atoms with Crippen LogP contribution in [0.1, 0.15) is 19.4 Å². The highest BCUT2D eigenvalue weighted by Crippen LogP contribution is 2.27. The van der Waals surface area contributed by atoms with E-state index in [1.54, 1.807) is 0 Å². The van der Waals surface area contributed by atoms with Crippen molar-refractivity contribution in [2.45, 2.75) is 32.4 Å². The number of hydrogen-bond donors (Lipinski definition) is 1. The van der Waals surface area contributed by atoms with Crippen molar-refractivity contribution in [1.29, 1.82) is 0 Å². The van der Waals surface area contributed by atoms with Gasteiger partial charge in [-0.2, -0.15) is 0 Å². The van der Waals surface area contributed by atoms with E-state index in [0.717, 1.165) is 17.8 Å². The first-order valence-corrected chi connectivity index (χ1v) is 8.52. The molecule has 2 aromatic rings. The fraction of sp³-hybridized carbons (Fsp3) is 0.350. The minimum atomic E-state index is 0.0666. The second-order valence-corrected chi connectivity index (χ2v) is 6.67. The lowest BCUT2D eigenvalue weighted by Crippen LogP contribution is -2.49. The highest BCUT2D eigenvalue weighted by Gasteiger charge is 2.26. The van der Waals surface area contributed by atoms with Crippen LogP contribution in [0.4, 0.5) is 11.4 Å². The zero-order chi connectivity index (χ0) is 17.1. The standard InChI is InChI=1S/C20H25N3O/c1-15(2)23(18-9-4-3-5-10-18)20(24)14-22-13-17(21)12-16-8-6-7-11-19(16)22/h3-11,15,17H,12-14,21H2,1-2H3. The van der Waals surface area contributed by atoms with Crippen LogP contribution in [0.25, 0.3) is 0 Å². The molecule has 0 bridgehead atoms. The van der Waals surface area contributed by atoms with Crippen molar-refractivity contribution in [3.05, 3.63) is 60.2 Å². The maximum absolute atomic E-state index is 13.0. The quantitative estimate of drug-likeness (QED) is 0.941. The highest BCUT2D eigenvalue weighted by atomic mass is 16.2. The average Bonchev–Trinajstić information content (AvgIpc) is 2.55. The number of para-hydroxylation sites is 2. The van der Waals surface area contributed by atoms with Crippen molar-refractivity contribution in [3.8, 4) is 0 Å². The third-order valence-corrected chi connectivity index (χ3v) is 4.41. The molecule has 0 saturated carbocycles. The minimum absolute atomic E-state index is 0.0666. The van der Waals surface area contributed by atoms with Crippen molar-refractivity contribution >= 4 is 17.3 Å². The van der Waals surface area contributed by atoms with E-state index >= 15 is 0 Å². The first kappa shape index (κ1) is 16.5. The molecule has 2 N–H and O–H groups in total. The van der Waals surface area contributed by atoms with E-state index in [4.69, 9.17) is 5.73 Å². The fourth-order valence-corrected chi connectivity index (χ4v) is 3.43. The molecule has 0 radical (unpaired) electrons. The van der Waals surface area contributed by atoms with Crippen LogP contribution in [-0.2, 0) is 11.2 Å². The number of hydrogen-bond acceptors (Lipinski definition) is 3. The SMILES string of the molecule is CC(C)N(C(=O)CN1CC(N)Cc2ccccc21)c1ccccc1. The van der Waals surface area contributed by atoms with Crippen LogP contribution in [0, 0.1) is 0 Å². The summed E-state index contributed by atoms with van der Waals surface area (Å²) in [5.41, 5.74) is 9.48. The number of nitrogens with zero attached hydrogens (tertiary/aromatic N) is 2. The van der Waals surface area contributed by atoms with E-state index < -0.39 is 0 Å². The second-order valence-electron chi connectivity index (χ2n) is 6.67. The predicted octanol–water partition coefficient (Wildman–Crippen LogP) is 2.82. The van der Waals surface area contributed by atoms with Crippen LogP contribution in [0.15, 0.2) is 54.6 Å². The molecule has 4 heteroatoms. The number of carbonyl (C=O) groups excluding carboxylic acids is 1. The van der Waals surface area contributed by atoms with Gasteiger partial charge in [-0.05, 0) is 44.0 Å². The van der Waals surface area contributed by atoms with Crippen molar-refractivity contribution in [1.82, 2.24) is 0 Å². The number of fused-ring (bicyclic) bond motifs is 1. The molecular formula is C20H25N3O. The Balaban J connectivity index is 1.83. The summed E-state index contributed by atoms with van der Waals surface area (Å²) in [7, 11) is 0. The Labute approximate surface area is 143 Å². The molecule has 126 valence electrons. The average molecular weight is 323 g/mol. The molecule has 1 aliphatic rings. The summed E-state index contributed by atoms with van der Waals surface area (Å²) in [5.74, 6) is 0.0973. The first-order valence-electron chi connectivity index (χ1n) is 8.52. The van der Waals surface area contributed by atoms with Gasteiger partial charge >= 0.3 is 0 Å². The summed E-state index contributed by atoms with van der Waals surface area (Å²) in [5, 5.41) is 0. The van der Waals surface area contributed by atoms with Gasteiger partial charge in [-0.3, -0.25) is 4.79 Å². The van der Waals surface area contributed by atoms with E-state index in [1.165, 1.54) is 5.56 Å². The van der Waals surface area contributed by atoms with Gasteiger partial charge in [0.05, 0.1) is 6.54 Å². The van der Waals surface area contributed by atoms with E-state index in [0.29, 0.717) is 13.1 Å². The number of nitrogens with two attached hydrogens (primary N) is 1. The maximum atomic E-state index is 13.0. The lowest BCUT2D eigenvalue weighted by atomic mass is 9.98. The Kier molecular flexibility index (Phi) is 4.86. The molecule has 0 aliphatic carbocycles. The van der Waals surface area contributed by atoms with Gasteiger partial charge < -0.3 is 15.5 Å². The maximum Gasteiger partial charge on any atom is 0.246 e. The Hall–Kier alpha value is -2.33. The van der Waals surface area contributed by atoms with Gasteiger partial charge in [0.25, 0.3) is 0 Å². The van der Waals surface area contributed by atoms with E-state index in [-0.39, 0.29) is 18.0 Å². The van der Waals surface area contributed by atoms with Crippen molar-refractivity contribution < 1.29 is 4.79 Å². The summed E-state index contributed by atoms with van der Waals surface area (Å²) >= 11 is 0. The fourth-order valence-electron chi connectivity index (χ4n) is 3.43. The van der Waals surface area contributed by atoms with Crippen LogP contribution < -0.4 is 15.5 Å². The molecule has 4 nitrogen and oxygen atoms in total. The molecule has 0 aromatic heterocycles. The molecule has 1 aliphatic heterocycles. The molecule has 1 amide bonds. The van der Waals surface area contributed by atoms with E-state index in [2.05, 4.69) is 17.0 Å². The smallest absolute Gasteiger partial charge is 0.246 e. The molecular weight excluding hydrogens is 298 g/mol. The molecule has 0 saturated heterocycles. The largest absolute Gasteiger partial charge is 0.360 e. The van der Waals surface area contributed by atoms with Crippen LogP contribution in [0.2, 0.25) is 0 Å². The number of anilines is 2. The zero-order valence-corrected chi connectivity index (χ0v) is 14.4. The Morgan fingerprint density at radius 1 is 1.17 bits per heavy atom. The van der Waals surface area contributed by atoms with Gasteiger partial charge in [-0.25, -0.2) is 0 Å². The molecule has 1 atom stereocenters. The molecule has 1 unspecified atom stereocenters. The van der Waals surface area contributed by atoms with Crippen molar-refractivity contribution in [2.24, 2.45) is 5.73 Å². The van der Waals surface area contributed by atoms with Gasteiger partial charge in [0, 0.05) is 30.0 Å². The third kappa shape index (κ3) is 3.44. The van der Waals surface area contributed by atoms with Gasteiger partial charge in [-0.1, -0.05) is 36.4 Å². The summed E-state index contributed by atoms with van der Waals surface area (Å²) in [6.45, 7) is 5.14. The normalized spacial score (nSPS) is 16.8. The monoisotopic (exact) mass is 323 g/mol. The lowest BCUT2D eigenvalue weighted by molar-refractivity contribution is -0.117. The minimum Gasteiger partial charge on any atom is -0.360 e. The third-order valence-electron chi connectivity index (χ3n) is 4.41. The van der Waals surface area contributed by atoms with Crippen LogP contribution in [0.3, 0.4) is 0 Å². The molecule has 3 rings (SSSR count). The van der Waals surface area contributed by atoms with E-state index in [1.807, 2.05) is 61.2 Å². The lowest BCUT2D eigenvalue weighted by Gasteiger charge is -2.36. The van der Waals surface area contributed by atoms with Crippen molar-refractivity contribution in [2.75, 3.05) is 22.9 Å². The number of amides is 1. The molecule has 0 spiro atoms. The first-order chi connectivity index (χ1) is 11.6. The van der Waals surface area contributed by atoms with Gasteiger partial charge in [0.2, 0.25) is 5.91 Å². The zero-order valence-electron chi connectivity index (χ0n) is 14.4. The summed E-state index contributed by atoms with van der Waals surface area (Å²) < 4.78 is 0. The van der Waals surface area contributed by atoms with Crippen molar-refractivity contribution in [3.63, 3.8) is 0 Å². The Morgan fingerprint density at radius 3 is 2.54 bits per heavy atom. The van der Waals surface area contributed by atoms with Gasteiger partial charge in [-0.15, -0.1) is 0 Å². The molecule has 0 fully saturated rings. The van der Waals surface area contributed by atoms with Crippen LogP contribution in [0.5, 0.6) is 0 Å². The molecule has 1 heterocycles. The summed E-state index contributed by atoms with van der Waals surface area (Å²) in [6.07, 6.45) is 0.868. The number of benzene rings is 2. The highest BCUT2D eigenvalue weighted by molar-refractivity contribution is 5.97. The number of carbonyl (C=O) groups is 1. The molecule has 24 heavy (non-hydrogen) atoms. The Morgan fingerprint density at radius 2 is 1.83 bits per heavy atom. The predicted molar refractivity (Wildman–Crippen MR) is 99.4 cm³/mol. The van der Waals surface area contributed by atoms with Gasteiger partial charge in [0.15, 0.2) is 0 Å².